The SMILES string of the molecule is CCCCN(C(=O)CC(OC)C(C(C)CC)N(C)C(=O)CNC(=O)OC(C)(C)C)C(OC)C(C)C(=O)O. The van der Waals surface area contributed by atoms with Crippen LogP contribution < -0.4 is 5.32 Å². The van der Waals surface area contributed by atoms with Crippen LogP contribution in [0, 0.1) is 11.8 Å². The molecule has 0 aromatic rings. The highest BCUT2D eigenvalue weighted by Gasteiger charge is 2.38. The van der Waals surface area contributed by atoms with Gasteiger partial charge >= 0.3 is 12.1 Å². The Morgan fingerprint density at radius 3 is 2.03 bits per heavy atom. The maximum absolute atomic E-state index is 13.5. The van der Waals surface area contributed by atoms with Crippen LogP contribution in [-0.4, -0.2) is 97.1 Å². The van der Waals surface area contributed by atoms with Crippen molar-refractivity contribution >= 4 is 23.9 Å². The van der Waals surface area contributed by atoms with Gasteiger partial charge in [-0.2, -0.15) is 0 Å². The number of unbranched alkanes of at least 4 members (excludes halogenated alkanes) is 1. The minimum absolute atomic E-state index is 0.0338. The summed E-state index contributed by atoms with van der Waals surface area (Å²) in [5, 5.41) is 12.0. The number of hydrogen-bond donors (Lipinski definition) is 2. The molecule has 0 radical (unpaired) electrons. The van der Waals surface area contributed by atoms with Crippen molar-refractivity contribution in [2.45, 2.75) is 98.1 Å². The van der Waals surface area contributed by atoms with Gasteiger partial charge in [0.15, 0.2) is 0 Å². The second kappa shape index (κ2) is 16.4. The van der Waals surface area contributed by atoms with E-state index in [0.717, 1.165) is 6.42 Å². The fourth-order valence-electron chi connectivity index (χ4n) is 4.07. The third kappa shape index (κ3) is 11.7. The molecule has 2 N–H and O–H groups in total. The van der Waals surface area contributed by atoms with Crippen LogP contribution in [0.4, 0.5) is 4.79 Å². The molecule has 5 unspecified atom stereocenters. The lowest BCUT2D eigenvalue weighted by atomic mass is 9.90. The van der Waals surface area contributed by atoms with E-state index < -0.39 is 42.0 Å². The normalized spacial score (nSPS) is 15.6. The van der Waals surface area contributed by atoms with Crippen LogP contribution in [0.2, 0.25) is 0 Å². The first-order valence-electron chi connectivity index (χ1n) is 12.9. The summed E-state index contributed by atoms with van der Waals surface area (Å²) in [4.78, 5) is 53.1. The predicted octanol–water partition coefficient (Wildman–Crippen LogP) is 3.11. The van der Waals surface area contributed by atoms with Gasteiger partial charge in [-0.25, -0.2) is 4.79 Å². The molecule has 0 bridgehead atoms. The first-order chi connectivity index (χ1) is 17.1. The van der Waals surface area contributed by atoms with Crippen LogP contribution in [0.25, 0.3) is 0 Å². The molecule has 5 atom stereocenters. The Balaban J connectivity index is 5.79. The summed E-state index contributed by atoms with van der Waals surface area (Å²) >= 11 is 0. The van der Waals surface area contributed by atoms with E-state index in [9.17, 15) is 24.3 Å². The molecule has 37 heavy (non-hydrogen) atoms. The minimum Gasteiger partial charge on any atom is -0.481 e. The van der Waals surface area contributed by atoms with Gasteiger partial charge in [-0.15, -0.1) is 0 Å². The number of likely N-dealkylation sites (N-methyl/N-ethyl adjacent to an activating group) is 1. The zero-order valence-corrected chi connectivity index (χ0v) is 24.3. The zero-order valence-electron chi connectivity index (χ0n) is 24.3. The van der Waals surface area contributed by atoms with E-state index in [1.807, 2.05) is 20.8 Å². The van der Waals surface area contributed by atoms with Gasteiger partial charge in [0.05, 0.1) is 24.5 Å². The molecular weight excluding hydrogens is 482 g/mol. The first kappa shape index (κ1) is 34.6. The molecule has 0 aliphatic heterocycles. The number of ether oxygens (including phenoxy) is 3. The van der Waals surface area contributed by atoms with E-state index >= 15 is 0 Å². The molecule has 0 spiro atoms. The average Bonchev–Trinajstić information content (AvgIpc) is 2.82. The fourth-order valence-corrected chi connectivity index (χ4v) is 4.07. The largest absolute Gasteiger partial charge is 0.481 e. The predicted molar refractivity (Wildman–Crippen MR) is 140 cm³/mol. The summed E-state index contributed by atoms with van der Waals surface area (Å²) < 4.78 is 16.4. The minimum atomic E-state index is -1.07. The Hall–Kier alpha value is -2.40. The molecule has 0 aliphatic carbocycles. The number of carboxylic acids is 1. The number of hydrogen-bond acceptors (Lipinski definition) is 7. The topological polar surface area (TPSA) is 135 Å². The van der Waals surface area contributed by atoms with Gasteiger partial charge in [0.1, 0.15) is 18.4 Å². The molecule has 0 heterocycles. The van der Waals surface area contributed by atoms with Crippen molar-refractivity contribution in [2.24, 2.45) is 11.8 Å². The number of carbonyl (C=O) groups is 4. The van der Waals surface area contributed by atoms with Gasteiger partial charge in [-0.3, -0.25) is 14.4 Å². The zero-order chi connectivity index (χ0) is 28.9. The molecule has 0 saturated carbocycles. The van der Waals surface area contributed by atoms with Crippen LogP contribution in [-0.2, 0) is 28.6 Å². The summed E-state index contributed by atoms with van der Waals surface area (Å²) in [5.74, 6) is -2.71. The highest BCUT2D eigenvalue weighted by Crippen LogP contribution is 2.24. The number of carbonyl (C=O) groups excluding carboxylic acids is 3. The van der Waals surface area contributed by atoms with Crippen molar-refractivity contribution in [3.8, 4) is 0 Å². The molecule has 0 rings (SSSR count). The Bertz CT molecular complexity index is 740. The van der Waals surface area contributed by atoms with Gasteiger partial charge in [-0.1, -0.05) is 33.6 Å². The lowest BCUT2D eigenvalue weighted by molar-refractivity contribution is -0.163. The van der Waals surface area contributed by atoms with Gasteiger partial charge in [0.25, 0.3) is 0 Å². The second-order valence-electron chi connectivity index (χ2n) is 10.4. The number of nitrogens with one attached hydrogen (secondary N) is 1. The van der Waals surface area contributed by atoms with E-state index in [4.69, 9.17) is 14.2 Å². The lowest BCUT2D eigenvalue weighted by Gasteiger charge is -2.39. The summed E-state index contributed by atoms with van der Waals surface area (Å²) in [5.41, 5.74) is -0.693. The number of carboxylic acid groups (broad SMARTS) is 1. The second-order valence-corrected chi connectivity index (χ2v) is 10.4. The van der Waals surface area contributed by atoms with Gasteiger partial charge in [0.2, 0.25) is 11.8 Å². The number of rotatable bonds is 16. The maximum atomic E-state index is 13.5. The first-order valence-corrected chi connectivity index (χ1v) is 12.9. The Kier molecular flexibility index (Phi) is 15.4. The molecule has 11 nitrogen and oxygen atoms in total. The summed E-state index contributed by atoms with van der Waals surface area (Å²) in [6, 6.07) is -0.474. The number of methoxy groups -OCH3 is 2. The maximum Gasteiger partial charge on any atom is 0.408 e. The van der Waals surface area contributed by atoms with Crippen LogP contribution >= 0.6 is 0 Å². The van der Waals surface area contributed by atoms with E-state index in [1.54, 1.807) is 27.8 Å². The summed E-state index contributed by atoms with van der Waals surface area (Å²) in [7, 11) is 4.48. The molecule has 216 valence electrons. The molecule has 0 aliphatic rings. The van der Waals surface area contributed by atoms with Gasteiger partial charge in [0, 0.05) is 27.8 Å². The number of alkyl carbamates (subject to hydrolysis) is 1. The third-order valence-electron chi connectivity index (χ3n) is 6.35. The van der Waals surface area contributed by atoms with Crippen LogP contribution in [0.15, 0.2) is 0 Å². The third-order valence-corrected chi connectivity index (χ3v) is 6.35. The number of nitrogens with zero attached hydrogens (tertiary/aromatic N) is 2. The average molecular weight is 532 g/mol. The van der Waals surface area contributed by atoms with Crippen molar-refractivity contribution in [3.05, 3.63) is 0 Å². The smallest absolute Gasteiger partial charge is 0.408 e. The van der Waals surface area contributed by atoms with Gasteiger partial charge in [-0.05, 0) is 40.0 Å². The van der Waals surface area contributed by atoms with Crippen molar-refractivity contribution in [1.29, 1.82) is 0 Å². The fraction of sp³-hybridized carbons (Fsp3) is 0.846. The Morgan fingerprint density at radius 2 is 1.59 bits per heavy atom. The molecule has 0 aromatic carbocycles. The highest BCUT2D eigenvalue weighted by molar-refractivity contribution is 5.83. The van der Waals surface area contributed by atoms with Crippen molar-refractivity contribution < 1.29 is 38.5 Å². The van der Waals surface area contributed by atoms with E-state index in [0.29, 0.717) is 19.4 Å². The van der Waals surface area contributed by atoms with Gasteiger partial charge < -0.3 is 34.4 Å². The molecule has 3 amide bonds. The van der Waals surface area contributed by atoms with E-state index in [-0.39, 0.29) is 30.7 Å². The van der Waals surface area contributed by atoms with Crippen LogP contribution in [0.3, 0.4) is 0 Å². The monoisotopic (exact) mass is 531 g/mol. The van der Waals surface area contributed by atoms with Crippen molar-refractivity contribution in [3.63, 3.8) is 0 Å². The molecule has 11 heteroatoms. The van der Waals surface area contributed by atoms with Crippen LogP contribution in [0.1, 0.15) is 74.1 Å². The molecule has 0 saturated heterocycles. The number of amides is 3. The van der Waals surface area contributed by atoms with Crippen molar-refractivity contribution in [1.82, 2.24) is 15.1 Å². The molecular formula is C26H49N3O8. The van der Waals surface area contributed by atoms with E-state index in [2.05, 4.69) is 5.32 Å². The van der Waals surface area contributed by atoms with Crippen LogP contribution in [0.5, 0.6) is 0 Å². The number of aliphatic carboxylic acids is 1. The summed E-state index contributed by atoms with van der Waals surface area (Å²) in [6.45, 7) is 12.7. The van der Waals surface area contributed by atoms with E-state index in [1.165, 1.54) is 30.9 Å². The lowest BCUT2D eigenvalue weighted by Crippen LogP contribution is -2.54. The standard InChI is InChI=1S/C26H49N3O8/c1-11-13-14-29(23(36-10)18(4)24(32)33)20(30)15-19(35-9)22(17(3)12-2)28(8)21(31)16-27-25(34)37-26(5,6)7/h17-19,22-23H,11-16H2,1-10H3,(H,27,34)(H,32,33). The quantitative estimate of drug-likeness (QED) is 0.290. The Labute approximate surface area is 222 Å². The molecule has 0 fully saturated rings. The molecule has 0 aromatic heterocycles. The summed E-state index contributed by atoms with van der Waals surface area (Å²) in [6.07, 6.45) is -0.165. The highest BCUT2D eigenvalue weighted by atomic mass is 16.6. The Morgan fingerprint density at radius 1 is 1.00 bits per heavy atom. The van der Waals surface area contributed by atoms with Crippen molar-refractivity contribution in [2.75, 3.05) is 34.4 Å².